The first-order chi connectivity index (χ1) is 10.3. The van der Waals surface area contributed by atoms with Gasteiger partial charge in [-0.3, -0.25) is 4.79 Å². The van der Waals surface area contributed by atoms with Crippen LogP contribution in [-0.4, -0.2) is 5.91 Å². The van der Waals surface area contributed by atoms with E-state index in [-0.39, 0.29) is 12.3 Å². The SMILES string of the molecule is Cc1ccc(CNC(=O)Cc2cccc(C(F)(F)F)c2)cc1. The van der Waals surface area contributed by atoms with E-state index in [0.717, 1.165) is 23.3 Å². The smallest absolute Gasteiger partial charge is 0.352 e. The number of alkyl halides is 3. The maximum Gasteiger partial charge on any atom is 0.416 e. The van der Waals surface area contributed by atoms with Crippen LogP contribution in [0.4, 0.5) is 13.2 Å². The number of carbonyl (C=O) groups excluding carboxylic acids is 1. The molecule has 0 bridgehead atoms. The molecule has 0 fully saturated rings. The van der Waals surface area contributed by atoms with Gasteiger partial charge in [-0.25, -0.2) is 0 Å². The lowest BCUT2D eigenvalue weighted by atomic mass is 10.1. The van der Waals surface area contributed by atoms with Crippen LogP contribution in [0.5, 0.6) is 0 Å². The van der Waals surface area contributed by atoms with Gasteiger partial charge in [-0.2, -0.15) is 13.2 Å². The summed E-state index contributed by atoms with van der Waals surface area (Å²) < 4.78 is 37.8. The van der Waals surface area contributed by atoms with Crippen molar-refractivity contribution in [3.63, 3.8) is 0 Å². The van der Waals surface area contributed by atoms with Gasteiger partial charge in [-0.1, -0.05) is 48.0 Å². The summed E-state index contributed by atoms with van der Waals surface area (Å²) in [5.41, 5.74) is 1.68. The van der Waals surface area contributed by atoms with Gasteiger partial charge < -0.3 is 5.32 Å². The zero-order chi connectivity index (χ0) is 16.2. The number of aryl methyl sites for hydroxylation is 1. The Morgan fingerprint density at radius 3 is 2.36 bits per heavy atom. The van der Waals surface area contributed by atoms with Crippen molar-refractivity contribution < 1.29 is 18.0 Å². The third kappa shape index (κ3) is 4.62. The number of carbonyl (C=O) groups is 1. The summed E-state index contributed by atoms with van der Waals surface area (Å²) in [6, 6.07) is 12.5. The second kappa shape index (κ2) is 6.64. The van der Waals surface area contributed by atoms with E-state index in [1.165, 1.54) is 12.1 Å². The molecule has 0 unspecified atom stereocenters. The number of nitrogens with one attached hydrogen (secondary N) is 1. The van der Waals surface area contributed by atoms with Crippen LogP contribution < -0.4 is 5.32 Å². The van der Waals surface area contributed by atoms with Gasteiger partial charge in [-0.15, -0.1) is 0 Å². The van der Waals surface area contributed by atoms with Gasteiger partial charge in [0.2, 0.25) is 5.91 Å². The number of benzene rings is 2. The fourth-order valence-electron chi connectivity index (χ4n) is 2.01. The molecule has 1 N–H and O–H groups in total. The first kappa shape index (κ1) is 16.1. The molecule has 0 aliphatic heterocycles. The molecule has 0 saturated heterocycles. The maximum absolute atomic E-state index is 12.6. The summed E-state index contributed by atoms with van der Waals surface area (Å²) in [7, 11) is 0. The number of halogens is 3. The van der Waals surface area contributed by atoms with Gasteiger partial charge in [0, 0.05) is 6.54 Å². The predicted octanol–water partition coefficient (Wildman–Crippen LogP) is 3.87. The molecule has 0 spiro atoms. The molecule has 0 aliphatic carbocycles. The van der Waals surface area contributed by atoms with Crippen molar-refractivity contribution in [2.24, 2.45) is 0 Å². The molecule has 0 aliphatic rings. The highest BCUT2D eigenvalue weighted by Crippen LogP contribution is 2.29. The monoisotopic (exact) mass is 307 g/mol. The Balaban J connectivity index is 1.93. The molecular formula is C17H16F3NO. The average molecular weight is 307 g/mol. The summed E-state index contributed by atoms with van der Waals surface area (Å²) in [6.45, 7) is 2.33. The van der Waals surface area contributed by atoms with E-state index in [2.05, 4.69) is 5.32 Å². The van der Waals surface area contributed by atoms with E-state index in [4.69, 9.17) is 0 Å². The second-order valence-corrected chi connectivity index (χ2v) is 5.14. The van der Waals surface area contributed by atoms with Crippen molar-refractivity contribution in [3.05, 3.63) is 70.8 Å². The third-order valence-electron chi connectivity index (χ3n) is 3.23. The van der Waals surface area contributed by atoms with Crippen LogP contribution in [0, 0.1) is 6.92 Å². The topological polar surface area (TPSA) is 29.1 Å². The molecule has 2 nitrogen and oxygen atoms in total. The Labute approximate surface area is 127 Å². The molecule has 116 valence electrons. The maximum atomic E-state index is 12.6. The van der Waals surface area contributed by atoms with Crippen LogP contribution >= 0.6 is 0 Å². The second-order valence-electron chi connectivity index (χ2n) is 5.14. The molecule has 2 rings (SSSR count). The Bertz CT molecular complexity index is 648. The highest BCUT2D eigenvalue weighted by atomic mass is 19.4. The van der Waals surface area contributed by atoms with Gasteiger partial charge in [-0.05, 0) is 24.1 Å². The molecule has 2 aromatic rings. The standard InChI is InChI=1S/C17H16F3NO/c1-12-5-7-13(8-6-12)11-21-16(22)10-14-3-2-4-15(9-14)17(18,19)20/h2-9H,10-11H2,1H3,(H,21,22). The van der Waals surface area contributed by atoms with Gasteiger partial charge in [0.05, 0.1) is 12.0 Å². The highest BCUT2D eigenvalue weighted by Gasteiger charge is 2.30. The van der Waals surface area contributed by atoms with Gasteiger partial charge in [0.1, 0.15) is 0 Å². The fraction of sp³-hybridized carbons (Fsp3) is 0.235. The summed E-state index contributed by atoms with van der Waals surface area (Å²) in [5.74, 6) is -0.306. The van der Waals surface area contributed by atoms with Gasteiger partial charge in [0.15, 0.2) is 0 Å². The number of rotatable bonds is 4. The molecule has 0 saturated carbocycles. The number of amides is 1. The number of hydrogen-bond donors (Lipinski definition) is 1. The van der Waals surface area contributed by atoms with Crippen molar-refractivity contribution in [1.82, 2.24) is 5.32 Å². The fourth-order valence-corrected chi connectivity index (χ4v) is 2.01. The van der Waals surface area contributed by atoms with Crippen molar-refractivity contribution in [2.75, 3.05) is 0 Å². The Morgan fingerprint density at radius 2 is 1.73 bits per heavy atom. The van der Waals surface area contributed by atoms with Crippen molar-refractivity contribution >= 4 is 5.91 Å². The minimum absolute atomic E-state index is 0.0736. The molecule has 0 atom stereocenters. The molecule has 0 radical (unpaired) electrons. The van der Waals surface area contributed by atoms with E-state index < -0.39 is 11.7 Å². The van der Waals surface area contributed by atoms with Crippen LogP contribution in [0.25, 0.3) is 0 Å². The average Bonchev–Trinajstić information content (AvgIpc) is 2.46. The molecule has 0 aromatic heterocycles. The van der Waals surface area contributed by atoms with E-state index in [1.54, 1.807) is 0 Å². The van der Waals surface area contributed by atoms with Crippen LogP contribution in [0.3, 0.4) is 0 Å². The molecule has 5 heteroatoms. The molecule has 2 aromatic carbocycles. The minimum Gasteiger partial charge on any atom is -0.352 e. The van der Waals surface area contributed by atoms with E-state index in [0.29, 0.717) is 12.1 Å². The molecule has 22 heavy (non-hydrogen) atoms. The molecule has 1 amide bonds. The zero-order valence-corrected chi connectivity index (χ0v) is 12.1. The Morgan fingerprint density at radius 1 is 1.05 bits per heavy atom. The van der Waals surface area contributed by atoms with Crippen LogP contribution in [0.2, 0.25) is 0 Å². The summed E-state index contributed by atoms with van der Waals surface area (Å²) >= 11 is 0. The van der Waals surface area contributed by atoms with Crippen molar-refractivity contribution in [2.45, 2.75) is 26.1 Å². The first-order valence-electron chi connectivity index (χ1n) is 6.83. The molecular weight excluding hydrogens is 291 g/mol. The minimum atomic E-state index is -4.39. The van der Waals surface area contributed by atoms with Crippen LogP contribution in [0.1, 0.15) is 22.3 Å². The first-order valence-corrected chi connectivity index (χ1v) is 6.83. The largest absolute Gasteiger partial charge is 0.416 e. The lowest BCUT2D eigenvalue weighted by Gasteiger charge is -2.09. The van der Waals surface area contributed by atoms with Gasteiger partial charge >= 0.3 is 6.18 Å². The van der Waals surface area contributed by atoms with Crippen LogP contribution in [-0.2, 0) is 23.9 Å². The Kier molecular flexibility index (Phi) is 4.85. The summed E-state index contributed by atoms with van der Waals surface area (Å²) in [6.07, 6.45) is -4.47. The molecule has 0 heterocycles. The predicted molar refractivity (Wildman–Crippen MR) is 78.2 cm³/mol. The van der Waals surface area contributed by atoms with Crippen LogP contribution in [0.15, 0.2) is 48.5 Å². The number of hydrogen-bond acceptors (Lipinski definition) is 1. The lowest BCUT2D eigenvalue weighted by molar-refractivity contribution is -0.137. The lowest BCUT2D eigenvalue weighted by Crippen LogP contribution is -2.24. The normalized spacial score (nSPS) is 11.3. The van der Waals surface area contributed by atoms with E-state index in [9.17, 15) is 18.0 Å². The van der Waals surface area contributed by atoms with Crippen molar-refractivity contribution in [3.8, 4) is 0 Å². The summed E-state index contributed by atoms with van der Waals surface area (Å²) in [4.78, 5) is 11.8. The quantitative estimate of drug-likeness (QED) is 0.912. The van der Waals surface area contributed by atoms with E-state index >= 15 is 0 Å². The van der Waals surface area contributed by atoms with Crippen molar-refractivity contribution in [1.29, 1.82) is 0 Å². The van der Waals surface area contributed by atoms with Gasteiger partial charge in [0.25, 0.3) is 0 Å². The third-order valence-corrected chi connectivity index (χ3v) is 3.23. The summed E-state index contributed by atoms with van der Waals surface area (Å²) in [5, 5.41) is 2.70. The highest BCUT2D eigenvalue weighted by molar-refractivity contribution is 5.78. The Hall–Kier alpha value is -2.30. The zero-order valence-electron chi connectivity index (χ0n) is 12.1. The van der Waals surface area contributed by atoms with E-state index in [1.807, 2.05) is 31.2 Å².